The van der Waals surface area contributed by atoms with Gasteiger partial charge in [0.05, 0.1) is 12.1 Å². The van der Waals surface area contributed by atoms with Crippen LogP contribution in [-0.2, 0) is 5.41 Å². The van der Waals surface area contributed by atoms with Gasteiger partial charge in [0.15, 0.2) is 11.6 Å². The zero-order valence-electron chi connectivity index (χ0n) is 9.84. The lowest BCUT2D eigenvalue weighted by Gasteiger charge is -2.21. The number of H-pyrrole nitrogens is 2. The van der Waals surface area contributed by atoms with Crippen LogP contribution >= 0.6 is 0 Å². The number of hydrogen-bond acceptors (Lipinski definition) is 6. The third-order valence-electron chi connectivity index (χ3n) is 2.70. The molecule has 2 N–H and O–H groups in total. The molecule has 0 bridgehead atoms. The number of nitrogens with one attached hydrogen (secondary N) is 2. The lowest BCUT2D eigenvalue weighted by atomic mass is 9.85. The van der Waals surface area contributed by atoms with Crippen LogP contribution in [0.2, 0.25) is 0 Å². The normalized spacial score (nSPS) is 12.3. The summed E-state index contributed by atoms with van der Waals surface area (Å²) >= 11 is 0. The van der Waals surface area contributed by atoms with E-state index >= 15 is 0 Å². The third-order valence-corrected chi connectivity index (χ3v) is 2.70. The fourth-order valence-corrected chi connectivity index (χ4v) is 1.59. The van der Waals surface area contributed by atoms with Gasteiger partial charge in [0.25, 0.3) is 0 Å². The topological polar surface area (TPSA) is 109 Å². The summed E-state index contributed by atoms with van der Waals surface area (Å²) in [5.41, 5.74) is -0.597. The summed E-state index contributed by atoms with van der Waals surface area (Å²) < 4.78 is 12.0. The summed E-state index contributed by atoms with van der Waals surface area (Å²) in [5.74, 6) is 1.09. The van der Waals surface area contributed by atoms with Crippen LogP contribution in [0.25, 0.3) is 0 Å². The molecular formula is C9H13FN8. The van der Waals surface area contributed by atoms with Crippen molar-refractivity contribution in [3.05, 3.63) is 23.8 Å². The van der Waals surface area contributed by atoms with E-state index in [-0.39, 0.29) is 6.67 Å². The number of rotatable bonds is 6. The van der Waals surface area contributed by atoms with Crippen molar-refractivity contribution in [3.63, 3.8) is 0 Å². The summed E-state index contributed by atoms with van der Waals surface area (Å²) in [7, 11) is 0. The Morgan fingerprint density at radius 1 is 1.11 bits per heavy atom. The number of aromatic amines is 2. The SMILES string of the molecule is CC(C/C=C/CCF)(c1nnn[nH]1)c1nnn[nH]1. The molecule has 0 aromatic carbocycles. The van der Waals surface area contributed by atoms with Crippen LogP contribution in [0.15, 0.2) is 12.2 Å². The Bertz CT molecular complexity index is 442. The highest BCUT2D eigenvalue weighted by Gasteiger charge is 2.35. The molecule has 96 valence electrons. The van der Waals surface area contributed by atoms with Gasteiger partial charge in [0.1, 0.15) is 0 Å². The van der Waals surface area contributed by atoms with Gasteiger partial charge in [0.2, 0.25) is 0 Å². The molecule has 0 spiro atoms. The van der Waals surface area contributed by atoms with Crippen molar-refractivity contribution < 1.29 is 4.39 Å². The molecule has 0 aliphatic rings. The van der Waals surface area contributed by atoms with Crippen LogP contribution in [-0.4, -0.2) is 47.9 Å². The van der Waals surface area contributed by atoms with E-state index < -0.39 is 5.41 Å². The molecule has 0 fully saturated rings. The Morgan fingerprint density at radius 3 is 2.17 bits per heavy atom. The Hall–Kier alpha value is -2.19. The van der Waals surface area contributed by atoms with Crippen LogP contribution in [0.1, 0.15) is 31.4 Å². The predicted molar refractivity (Wildman–Crippen MR) is 59.2 cm³/mol. The lowest BCUT2D eigenvalue weighted by Crippen LogP contribution is -2.26. The first-order valence-electron chi connectivity index (χ1n) is 5.47. The first kappa shape index (κ1) is 12.3. The minimum atomic E-state index is -0.597. The van der Waals surface area contributed by atoms with Gasteiger partial charge in [-0.15, -0.1) is 10.2 Å². The van der Waals surface area contributed by atoms with Gasteiger partial charge in [-0.25, -0.2) is 10.2 Å². The van der Waals surface area contributed by atoms with Gasteiger partial charge in [-0.3, -0.25) is 4.39 Å². The molecule has 0 aliphatic carbocycles. The molecule has 0 amide bonds. The van der Waals surface area contributed by atoms with Gasteiger partial charge in [-0.1, -0.05) is 12.2 Å². The first-order valence-corrected chi connectivity index (χ1v) is 5.47. The lowest BCUT2D eigenvalue weighted by molar-refractivity contribution is 0.493. The zero-order valence-corrected chi connectivity index (χ0v) is 9.84. The Morgan fingerprint density at radius 2 is 1.72 bits per heavy atom. The van der Waals surface area contributed by atoms with E-state index in [0.29, 0.717) is 24.5 Å². The molecule has 18 heavy (non-hydrogen) atoms. The van der Waals surface area contributed by atoms with Gasteiger partial charge in [-0.2, -0.15) is 0 Å². The average Bonchev–Trinajstić information content (AvgIpc) is 3.05. The van der Waals surface area contributed by atoms with Crippen LogP contribution in [0, 0.1) is 0 Å². The highest BCUT2D eigenvalue weighted by atomic mass is 19.1. The highest BCUT2D eigenvalue weighted by Crippen LogP contribution is 2.29. The molecule has 8 nitrogen and oxygen atoms in total. The number of nitrogens with zero attached hydrogens (tertiary/aromatic N) is 6. The molecule has 2 aromatic rings. The summed E-state index contributed by atoms with van der Waals surface area (Å²) in [5, 5.41) is 27.4. The van der Waals surface area contributed by atoms with Crippen molar-refractivity contribution in [1.82, 2.24) is 41.2 Å². The van der Waals surface area contributed by atoms with Crippen molar-refractivity contribution in [1.29, 1.82) is 0 Å². The molecule has 0 saturated carbocycles. The molecule has 0 atom stereocenters. The van der Waals surface area contributed by atoms with Crippen molar-refractivity contribution in [3.8, 4) is 0 Å². The van der Waals surface area contributed by atoms with E-state index in [1.54, 1.807) is 6.08 Å². The number of aromatic nitrogens is 8. The third kappa shape index (κ3) is 2.39. The number of alkyl halides is 1. The quantitative estimate of drug-likeness (QED) is 0.717. The van der Waals surface area contributed by atoms with E-state index in [2.05, 4.69) is 41.2 Å². The van der Waals surface area contributed by atoms with Crippen LogP contribution in [0.4, 0.5) is 4.39 Å². The minimum Gasteiger partial charge on any atom is -0.251 e. The fourth-order valence-electron chi connectivity index (χ4n) is 1.59. The number of tetrazole rings is 2. The van der Waals surface area contributed by atoms with E-state index in [1.807, 2.05) is 13.0 Å². The average molecular weight is 252 g/mol. The summed E-state index contributed by atoms with van der Waals surface area (Å²) in [6.45, 7) is 1.53. The van der Waals surface area contributed by atoms with Crippen molar-refractivity contribution in [2.24, 2.45) is 0 Å². The van der Waals surface area contributed by atoms with Gasteiger partial charge < -0.3 is 0 Å². The smallest absolute Gasteiger partial charge is 0.162 e. The van der Waals surface area contributed by atoms with Crippen molar-refractivity contribution in [2.45, 2.75) is 25.2 Å². The summed E-state index contributed by atoms with van der Waals surface area (Å²) in [6, 6.07) is 0. The maximum Gasteiger partial charge on any atom is 0.162 e. The number of hydrogen-bond donors (Lipinski definition) is 2. The van der Waals surface area contributed by atoms with Crippen molar-refractivity contribution in [2.75, 3.05) is 6.67 Å². The van der Waals surface area contributed by atoms with E-state index in [4.69, 9.17) is 0 Å². The molecule has 2 rings (SSSR count). The van der Waals surface area contributed by atoms with Crippen LogP contribution in [0.5, 0.6) is 0 Å². The molecule has 0 radical (unpaired) electrons. The minimum absolute atomic E-state index is 0.374. The number of allylic oxidation sites excluding steroid dienone is 2. The maximum absolute atomic E-state index is 12.0. The molecular weight excluding hydrogens is 239 g/mol. The largest absolute Gasteiger partial charge is 0.251 e. The Labute approximate surface area is 102 Å². The highest BCUT2D eigenvalue weighted by molar-refractivity contribution is 5.19. The molecule has 2 heterocycles. The first-order chi connectivity index (χ1) is 8.77. The van der Waals surface area contributed by atoms with Gasteiger partial charge in [0, 0.05) is 0 Å². The molecule has 0 aliphatic heterocycles. The zero-order chi connectivity index (χ0) is 12.8. The summed E-state index contributed by atoms with van der Waals surface area (Å²) in [4.78, 5) is 0. The maximum atomic E-state index is 12.0. The fraction of sp³-hybridized carbons (Fsp3) is 0.556. The monoisotopic (exact) mass is 252 g/mol. The molecule has 0 saturated heterocycles. The van der Waals surface area contributed by atoms with E-state index in [1.165, 1.54) is 0 Å². The van der Waals surface area contributed by atoms with Crippen LogP contribution < -0.4 is 0 Å². The van der Waals surface area contributed by atoms with Gasteiger partial charge >= 0.3 is 0 Å². The van der Waals surface area contributed by atoms with Crippen molar-refractivity contribution >= 4 is 0 Å². The van der Waals surface area contributed by atoms with Crippen LogP contribution in [0.3, 0.4) is 0 Å². The number of halogens is 1. The molecule has 2 aromatic heterocycles. The predicted octanol–water partition coefficient (Wildman–Crippen LogP) is 0.325. The Balaban J connectivity index is 2.24. The van der Waals surface area contributed by atoms with E-state index in [0.717, 1.165) is 0 Å². The second kappa shape index (κ2) is 5.43. The second-order valence-corrected chi connectivity index (χ2v) is 3.98. The molecule has 0 unspecified atom stereocenters. The Kier molecular flexibility index (Phi) is 3.70. The second-order valence-electron chi connectivity index (χ2n) is 3.98. The standard InChI is InChI=1S/C9H13FN8/c1-9(5-3-2-4-6-10,7-11-15-16-12-7)8-13-17-18-14-8/h2-3H,4-6H2,1H3,(H,11,12,15,16)(H,13,14,17,18)/b3-2+. The molecule has 9 heteroatoms. The van der Waals surface area contributed by atoms with E-state index in [9.17, 15) is 4.39 Å². The van der Waals surface area contributed by atoms with Gasteiger partial charge in [-0.05, 0) is 40.6 Å². The summed E-state index contributed by atoms with van der Waals surface area (Å²) in [6.07, 6.45) is 4.58.